The number of hydrogen-bond acceptors (Lipinski definition) is 5. The van der Waals surface area contributed by atoms with Crippen molar-refractivity contribution in [3.8, 4) is 10.6 Å². The molecule has 2 aromatic rings. The van der Waals surface area contributed by atoms with Gasteiger partial charge in [0.05, 0.1) is 11.8 Å². The Labute approximate surface area is 98.7 Å². The summed E-state index contributed by atoms with van der Waals surface area (Å²) in [7, 11) is 1.96. The normalized spacial score (nSPS) is 10.9. The number of furan rings is 1. The van der Waals surface area contributed by atoms with Gasteiger partial charge < -0.3 is 9.73 Å². The molecule has 86 valence electrons. The molecule has 5 heteroatoms. The van der Waals surface area contributed by atoms with E-state index in [-0.39, 0.29) is 0 Å². The van der Waals surface area contributed by atoms with Crippen molar-refractivity contribution in [3.05, 3.63) is 23.1 Å². The van der Waals surface area contributed by atoms with Gasteiger partial charge in [0.15, 0.2) is 5.01 Å². The molecule has 0 aliphatic carbocycles. The molecule has 4 nitrogen and oxygen atoms in total. The first-order valence-corrected chi connectivity index (χ1v) is 6.14. The zero-order valence-electron chi connectivity index (χ0n) is 9.49. The third-order valence-electron chi connectivity index (χ3n) is 2.37. The van der Waals surface area contributed by atoms with Crippen molar-refractivity contribution < 1.29 is 4.42 Å². The number of rotatable bonds is 5. The van der Waals surface area contributed by atoms with E-state index in [1.165, 1.54) is 0 Å². The number of nitrogens with zero attached hydrogens (tertiary/aromatic N) is 2. The molecule has 16 heavy (non-hydrogen) atoms. The average molecular weight is 237 g/mol. The fourth-order valence-electron chi connectivity index (χ4n) is 1.49. The third kappa shape index (κ3) is 2.48. The Balaban J connectivity index is 2.05. The van der Waals surface area contributed by atoms with E-state index in [1.54, 1.807) is 17.6 Å². The van der Waals surface area contributed by atoms with E-state index in [4.69, 9.17) is 4.42 Å². The maximum atomic E-state index is 5.26. The summed E-state index contributed by atoms with van der Waals surface area (Å²) in [5.41, 5.74) is 1.05. The molecular weight excluding hydrogens is 222 g/mol. The molecule has 0 aliphatic rings. The summed E-state index contributed by atoms with van der Waals surface area (Å²) in [4.78, 5) is 0. The lowest BCUT2D eigenvalue weighted by atomic mass is 10.3. The van der Waals surface area contributed by atoms with Crippen molar-refractivity contribution in [1.29, 1.82) is 0 Å². The molecule has 0 saturated carbocycles. The largest absolute Gasteiger partial charge is 0.469 e. The van der Waals surface area contributed by atoms with Crippen LogP contribution >= 0.6 is 11.3 Å². The molecule has 0 aliphatic heterocycles. The Morgan fingerprint density at radius 3 is 3.00 bits per heavy atom. The molecule has 0 fully saturated rings. The second-order valence-electron chi connectivity index (χ2n) is 3.60. The number of aromatic nitrogens is 2. The summed E-state index contributed by atoms with van der Waals surface area (Å²) in [5, 5.41) is 13.5. The van der Waals surface area contributed by atoms with Gasteiger partial charge in [-0.2, -0.15) is 0 Å². The number of nitrogens with one attached hydrogen (secondary N) is 1. The van der Waals surface area contributed by atoms with E-state index in [9.17, 15) is 0 Å². The molecule has 0 unspecified atom stereocenters. The van der Waals surface area contributed by atoms with Gasteiger partial charge >= 0.3 is 0 Å². The third-order valence-corrected chi connectivity index (χ3v) is 3.39. The molecule has 0 radical (unpaired) electrons. The quantitative estimate of drug-likeness (QED) is 0.810. The second kappa shape index (κ2) is 5.23. The van der Waals surface area contributed by atoms with Crippen LogP contribution in [0.4, 0.5) is 0 Å². The summed E-state index contributed by atoms with van der Waals surface area (Å²) in [6.45, 7) is 2.96. The number of hydrogen-bond donors (Lipinski definition) is 1. The van der Waals surface area contributed by atoms with Crippen LogP contribution in [-0.2, 0) is 6.42 Å². The average Bonchev–Trinajstić information content (AvgIpc) is 2.87. The highest BCUT2D eigenvalue weighted by Gasteiger charge is 2.10. The first-order valence-electron chi connectivity index (χ1n) is 5.32. The molecule has 0 bridgehead atoms. The van der Waals surface area contributed by atoms with Crippen LogP contribution in [0.2, 0.25) is 0 Å². The van der Waals surface area contributed by atoms with Crippen LogP contribution in [0.15, 0.2) is 16.7 Å². The SMILES string of the molecule is CNCCCc1nnc(-c2ccoc2C)s1. The summed E-state index contributed by atoms with van der Waals surface area (Å²) >= 11 is 1.65. The maximum Gasteiger partial charge on any atom is 0.151 e. The molecule has 0 amide bonds. The summed E-state index contributed by atoms with van der Waals surface area (Å²) in [5.74, 6) is 0.901. The fraction of sp³-hybridized carbons (Fsp3) is 0.455. The van der Waals surface area contributed by atoms with Gasteiger partial charge in [0.25, 0.3) is 0 Å². The lowest BCUT2D eigenvalue weighted by Crippen LogP contribution is -2.08. The molecule has 0 atom stereocenters. The minimum atomic E-state index is 0.901. The monoisotopic (exact) mass is 237 g/mol. The van der Waals surface area contributed by atoms with Gasteiger partial charge in [-0.3, -0.25) is 0 Å². The second-order valence-corrected chi connectivity index (χ2v) is 4.66. The molecule has 2 heterocycles. The van der Waals surface area contributed by atoms with E-state index in [0.29, 0.717) is 0 Å². The predicted molar refractivity (Wildman–Crippen MR) is 64.6 cm³/mol. The van der Waals surface area contributed by atoms with Crippen LogP contribution in [0, 0.1) is 6.92 Å². The van der Waals surface area contributed by atoms with Crippen LogP contribution < -0.4 is 5.32 Å². The smallest absolute Gasteiger partial charge is 0.151 e. The molecule has 0 aromatic carbocycles. The highest BCUT2D eigenvalue weighted by Crippen LogP contribution is 2.27. The molecule has 0 spiro atoms. The van der Waals surface area contributed by atoms with Crippen molar-refractivity contribution in [2.45, 2.75) is 19.8 Å². The Hall–Kier alpha value is -1.20. The molecule has 1 N–H and O–H groups in total. The van der Waals surface area contributed by atoms with Crippen molar-refractivity contribution in [1.82, 2.24) is 15.5 Å². The van der Waals surface area contributed by atoms with Crippen molar-refractivity contribution >= 4 is 11.3 Å². The Morgan fingerprint density at radius 2 is 2.31 bits per heavy atom. The first-order chi connectivity index (χ1) is 7.81. The lowest BCUT2D eigenvalue weighted by molar-refractivity contribution is 0.535. The summed E-state index contributed by atoms with van der Waals surface area (Å²) in [6, 6.07) is 1.94. The minimum absolute atomic E-state index is 0.901. The number of aryl methyl sites for hydroxylation is 2. The topological polar surface area (TPSA) is 51.0 Å². The Bertz CT molecular complexity index is 450. The van der Waals surface area contributed by atoms with Gasteiger partial charge in [0.2, 0.25) is 0 Å². The summed E-state index contributed by atoms with van der Waals surface area (Å²) in [6.07, 6.45) is 3.76. The van der Waals surface area contributed by atoms with E-state index in [2.05, 4.69) is 15.5 Å². The van der Waals surface area contributed by atoms with E-state index in [1.807, 2.05) is 20.0 Å². The first kappa shape index (κ1) is 11.3. The predicted octanol–water partition coefficient (Wildman–Crippen LogP) is 2.26. The maximum absolute atomic E-state index is 5.26. The van der Waals surface area contributed by atoms with Gasteiger partial charge in [-0.15, -0.1) is 10.2 Å². The van der Waals surface area contributed by atoms with Crippen molar-refractivity contribution in [2.24, 2.45) is 0 Å². The minimum Gasteiger partial charge on any atom is -0.469 e. The van der Waals surface area contributed by atoms with Crippen LogP contribution in [0.5, 0.6) is 0 Å². The molecule has 0 saturated heterocycles. The van der Waals surface area contributed by atoms with E-state index < -0.39 is 0 Å². The van der Waals surface area contributed by atoms with Gasteiger partial charge in [-0.05, 0) is 33.0 Å². The zero-order chi connectivity index (χ0) is 11.4. The van der Waals surface area contributed by atoms with Crippen LogP contribution in [0.25, 0.3) is 10.6 Å². The zero-order valence-corrected chi connectivity index (χ0v) is 10.3. The Morgan fingerprint density at radius 1 is 1.44 bits per heavy atom. The summed E-state index contributed by atoms with van der Waals surface area (Å²) < 4.78 is 5.26. The van der Waals surface area contributed by atoms with E-state index in [0.717, 1.165) is 40.7 Å². The highest BCUT2D eigenvalue weighted by molar-refractivity contribution is 7.14. The lowest BCUT2D eigenvalue weighted by Gasteiger charge is -1.94. The molecule has 2 aromatic heterocycles. The molecule has 2 rings (SSSR count). The fourth-order valence-corrected chi connectivity index (χ4v) is 2.44. The van der Waals surface area contributed by atoms with Gasteiger partial charge in [-0.1, -0.05) is 11.3 Å². The van der Waals surface area contributed by atoms with Gasteiger partial charge in [0.1, 0.15) is 10.8 Å². The molecular formula is C11H15N3OS. The van der Waals surface area contributed by atoms with Crippen molar-refractivity contribution in [3.63, 3.8) is 0 Å². The van der Waals surface area contributed by atoms with Crippen molar-refractivity contribution in [2.75, 3.05) is 13.6 Å². The van der Waals surface area contributed by atoms with Gasteiger partial charge in [0, 0.05) is 6.42 Å². The standard InChI is InChI=1S/C11H15N3OS/c1-8-9(5-7-15-8)11-14-13-10(16-11)4-3-6-12-2/h5,7,12H,3-4,6H2,1-2H3. The Kier molecular flexibility index (Phi) is 3.69. The van der Waals surface area contributed by atoms with Crippen LogP contribution in [-0.4, -0.2) is 23.8 Å². The van der Waals surface area contributed by atoms with Crippen LogP contribution in [0.3, 0.4) is 0 Å². The highest BCUT2D eigenvalue weighted by atomic mass is 32.1. The van der Waals surface area contributed by atoms with Gasteiger partial charge in [-0.25, -0.2) is 0 Å². The van der Waals surface area contributed by atoms with E-state index >= 15 is 0 Å². The van der Waals surface area contributed by atoms with Crippen LogP contribution in [0.1, 0.15) is 17.2 Å².